The van der Waals surface area contributed by atoms with Crippen molar-refractivity contribution < 1.29 is 13.2 Å². The summed E-state index contributed by atoms with van der Waals surface area (Å²) >= 11 is 0. The fraction of sp³-hybridized carbons (Fsp3) is 0.308. The van der Waals surface area contributed by atoms with Gasteiger partial charge < -0.3 is 5.73 Å². The lowest BCUT2D eigenvalue weighted by atomic mass is 10.00. The normalized spacial score (nSPS) is 11.8. The Kier molecular flexibility index (Phi) is 3.26. The predicted octanol–water partition coefficient (Wildman–Crippen LogP) is 3.25. The van der Waals surface area contributed by atoms with Crippen molar-refractivity contribution in [3.05, 3.63) is 35.4 Å². The van der Waals surface area contributed by atoms with Crippen LogP contribution in [0.3, 0.4) is 0 Å². The second kappa shape index (κ2) is 4.60. The molecule has 0 aliphatic rings. The van der Waals surface area contributed by atoms with E-state index in [9.17, 15) is 13.2 Å². The van der Waals surface area contributed by atoms with Crippen LogP contribution in [0.15, 0.2) is 24.3 Å². The molecule has 1 aromatic heterocycles. The topological polar surface area (TPSA) is 43.8 Å². The van der Waals surface area contributed by atoms with Crippen LogP contribution in [0.25, 0.3) is 11.3 Å². The Morgan fingerprint density at radius 2 is 1.89 bits per heavy atom. The Balaban J connectivity index is 2.70. The minimum absolute atomic E-state index is 0.0687. The van der Waals surface area contributed by atoms with Crippen molar-refractivity contribution >= 4 is 5.82 Å². The molecule has 2 rings (SSSR count). The molecule has 0 aliphatic carbocycles. The molecule has 2 aromatic rings. The zero-order valence-corrected chi connectivity index (χ0v) is 10.6. The molecular formula is C13H14F3N3. The summed E-state index contributed by atoms with van der Waals surface area (Å²) < 4.78 is 40.4. The molecule has 3 nitrogen and oxygen atoms in total. The summed E-state index contributed by atoms with van der Waals surface area (Å²) in [5.41, 5.74) is 6.15. The highest BCUT2D eigenvalue weighted by Crippen LogP contribution is 2.38. The number of rotatable bonds is 2. The number of alkyl halides is 3. The van der Waals surface area contributed by atoms with Gasteiger partial charge in [0.1, 0.15) is 5.82 Å². The van der Waals surface area contributed by atoms with Crippen LogP contribution in [-0.4, -0.2) is 9.78 Å². The molecule has 0 saturated heterocycles. The van der Waals surface area contributed by atoms with Gasteiger partial charge in [0.25, 0.3) is 0 Å². The van der Waals surface area contributed by atoms with Crippen molar-refractivity contribution in [3.8, 4) is 11.3 Å². The van der Waals surface area contributed by atoms with Crippen molar-refractivity contribution in [3.63, 3.8) is 0 Å². The van der Waals surface area contributed by atoms with Gasteiger partial charge in [-0.1, -0.05) is 25.1 Å². The molecule has 0 bridgehead atoms. The Bertz CT molecular complexity index is 600. The monoisotopic (exact) mass is 269 g/mol. The maximum atomic E-state index is 13.0. The molecule has 0 fully saturated rings. The molecule has 0 saturated carbocycles. The van der Waals surface area contributed by atoms with E-state index in [4.69, 9.17) is 5.73 Å². The Labute approximate surface area is 108 Å². The van der Waals surface area contributed by atoms with Gasteiger partial charge in [0.15, 0.2) is 0 Å². The van der Waals surface area contributed by atoms with Gasteiger partial charge in [0.2, 0.25) is 0 Å². The summed E-state index contributed by atoms with van der Waals surface area (Å²) in [6.07, 6.45) is -3.88. The van der Waals surface area contributed by atoms with E-state index in [1.54, 1.807) is 13.1 Å². The van der Waals surface area contributed by atoms with Crippen LogP contribution in [0, 0.1) is 0 Å². The first-order chi connectivity index (χ1) is 8.86. The van der Waals surface area contributed by atoms with Gasteiger partial charge in [0.05, 0.1) is 11.3 Å². The average molecular weight is 269 g/mol. The van der Waals surface area contributed by atoms with Crippen LogP contribution in [0.4, 0.5) is 19.0 Å². The first-order valence-corrected chi connectivity index (χ1v) is 5.84. The fourth-order valence-electron chi connectivity index (χ4n) is 2.08. The maximum absolute atomic E-state index is 13.0. The van der Waals surface area contributed by atoms with E-state index in [2.05, 4.69) is 5.10 Å². The van der Waals surface area contributed by atoms with Crippen LogP contribution in [0.2, 0.25) is 0 Å². The van der Waals surface area contributed by atoms with Gasteiger partial charge in [-0.05, 0) is 12.5 Å². The highest BCUT2D eigenvalue weighted by Gasteiger charge is 2.34. The number of nitrogens with two attached hydrogens (primary N) is 1. The lowest BCUT2D eigenvalue weighted by molar-refractivity contribution is -0.137. The van der Waals surface area contributed by atoms with Gasteiger partial charge in [-0.2, -0.15) is 18.3 Å². The predicted molar refractivity (Wildman–Crippen MR) is 67.4 cm³/mol. The minimum Gasteiger partial charge on any atom is -0.384 e. The molecule has 0 spiro atoms. The molecular weight excluding hydrogens is 255 g/mol. The molecule has 0 amide bonds. The molecule has 102 valence electrons. The molecule has 2 N–H and O–H groups in total. The summed E-state index contributed by atoms with van der Waals surface area (Å²) in [7, 11) is 1.62. The first-order valence-electron chi connectivity index (χ1n) is 5.84. The van der Waals surface area contributed by atoms with Crippen LogP contribution >= 0.6 is 0 Å². The average Bonchev–Trinajstić information content (AvgIpc) is 2.64. The van der Waals surface area contributed by atoms with Crippen LogP contribution in [0.5, 0.6) is 0 Å². The van der Waals surface area contributed by atoms with Crippen molar-refractivity contribution in [2.24, 2.45) is 7.05 Å². The number of anilines is 1. The summed E-state index contributed by atoms with van der Waals surface area (Å²) in [6, 6.07) is 5.41. The number of halogens is 3. The number of hydrogen-bond acceptors (Lipinski definition) is 2. The van der Waals surface area contributed by atoms with Gasteiger partial charge in [-0.25, -0.2) is 0 Å². The highest BCUT2D eigenvalue weighted by molar-refractivity contribution is 5.71. The van der Waals surface area contributed by atoms with E-state index in [0.29, 0.717) is 23.5 Å². The second-order valence-corrected chi connectivity index (χ2v) is 4.23. The van der Waals surface area contributed by atoms with Gasteiger partial charge in [-0.15, -0.1) is 0 Å². The number of aromatic nitrogens is 2. The zero-order chi connectivity index (χ0) is 14.2. The van der Waals surface area contributed by atoms with E-state index < -0.39 is 11.7 Å². The largest absolute Gasteiger partial charge is 0.417 e. The number of aryl methyl sites for hydroxylation is 1. The quantitative estimate of drug-likeness (QED) is 0.909. The van der Waals surface area contributed by atoms with Crippen molar-refractivity contribution in [1.82, 2.24) is 9.78 Å². The van der Waals surface area contributed by atoms with E-state index in [-0.39, 0.29) is 5.56 Å². The van der Waals surface area contributed by atoms with Gasteiger partial charge in [-0.3, -0.25) is 4.68 Å². The Morgan fingerprint density at radius 3 is 2.47 bits per heavy atom. The molecule has 1 heterocycles. The summed E-state index contributed by atoms with van der Waals surface area (Å²) in [4.78, 5) is 0. The first kappa shape index (κ1) is 13.5. The SMILES string of the molecule is CCc1c(-c2ccccc2C(F)(F)F)nn(C)c1N. The van der Waals surface area contributed by atoms with Crippen molar-refractivity contribution in [2.45, 2.75) is 19.5 Å². The lowest BCUT2D eigenvalue weighted by Crippen LogP contribution is -2.07. The van der Waals surface area contributed by atoms with E-state index in [1.807, 2.05) is 6.92 Å². The Hall–Kier alpha value is -1.98. The van der Waals surface area contributed by atoms with Crippen molar-refractivity contribution in [1.29, 1.82) is 0 Å². The van der Waals surface area contributed by atoms with Gasteiger partial charge in [0, 0.05) is 18.2 Å². The second-order valence-electron chi connectivity index (χ2n) is 4.23. The number of nitrogen functional groups attached to an aromatic ring is 1. The third-order valence-electron chi connectivity index (χ3n) is 3.03. The number of hydrogen-bond donors (Lipinski definition) is 1. The Morgan fingerprint density at radius 1 is 1.26 bits per heavy atom. The number of nitrogens with zero attached hydrogens (tertiary/aromatic N) is 2. The van der Waals surface area contributed by atoms with Crippen LogP contribution in [0.1, 0.15) is 18.1 Å². The van der Waals surface area contributed by atoms with E-state index in [1.165, 1.54) is 16.8 Å². The third kappa shape index (κ3) is 2.30. The lowest BCUT2D eigenvalue weighted by Gasteiger charge is -2.11. The molecule has 19 heavy (non-hydrogen) atoms. The molecule has 6 heteroatoms. The molecule has 0 atom stereocenters. The van der Waals surface area contributed by atoms with Crippen molar-refractivity contribution in [2.75, 3.05) is 5.73 Å². The number of benzene rings is 1. The zero-order valence-electron chi connectivity index (χ0n) is 10.6. The summed E-state index contributed by atoms with van der Waals surface area (Å²) in [5, 5.41) is 4.12. The molecule has 0 unspecified atom stereocenters. The molecule has 1 aromatic carbocycles. The van der Waals surface area contributed by atoms with E-state index in [0.717, 1.165) is 6.07 Å². The fourth-order valence-corrected chi connectivity index (χ4v) is 2.08. The third-order valence-corrected chi connectivity index (χ3v) is 3.03. The van der Waals surface area contributed by atoms with E-state index >= 15 is 0 Å². The standard InChI is InChI=1S/C13H14F3N3/c1-3-8-11(18-19(2)12(8)17)9-6-4-5-7-10(9)13(14,15)16/h4-7H,3,17H2,1-2H3. The minimum atomic E-state index is -4.41. The van der Waals surface area contributed by atoms with Gasteiger partial charge >= 0.3 is 6.18 Å². The summed E-state index contributed by atoms with van der Waals surface area (Å²) in [5.74, 6) is 0.398. The summed E-state index contributed by atoms with van der Waals surface area (Å²) in [6.45, 7) is 1.84. The molecule has 0 radical (unpaired) electrons. The maximum Gasteiger partial charge on any atom is 0.417 e. The molecule has 0 aliphatic heterocycles. The van der Waals surface area contributed by atoms with Crippen LogP contribution < -0.4 is 5.73 Å². The highest BCUT2D eigenvalue weighted by atomic mass is 19.4. The smallest absolute Gasteiger partial charge is 0.384 e. The van der Waals surface area contributed by atoms with Crippen LogP contribution in [-0.2, 0) is 19.6 Å².